The number of hydrogen-bond donors (Lipinski definition) is 2. The standard InChI is InChI=1S/C16H24N4O3S/c1-4-17-15(22)13-8-11(9-20(13)14(21)10-24-3)18-16(23)12-6-5-7-19(12)2/h5-7,11,13H,4,8-10H2,1-3H3,(H,17,22)(H,18,23). The third-order valence-corrected chi connectivity index (χ3v) is 4.59. The fourth-order valence-corrected chi connectivity index (χ4v) is 3.33. The fourth-order valence-electron chi connectivity index (χ4n) is 2.92. The molecule has 0 aromatic carbocycles. The van der Waals surface area contributed by atoms with Crippen LogP contribution in [-0.2, 0) is 16.6 Å². The summed E-state index contributed by atoms with van der Waals surface area (Å²) in [6.07, 6.45) is 4.08. The van der Waals surface area contributed by atoms with Gasteiger partial charge in [-0.2, -0.15) is 11.8 Å². The number of rotatable bonds is 6. The average Bonchev–Trinajstić information content (AvgIpc) is 3.14. The van der Waals surface area contributed by atoms with E-state index >= 15 is 0 Å². The second-order valence-electron chi connectivity index (χ2n) is 5.80. The number of amides is 3. The van der Waals surface area contributed by atoms with Gasteiger partial charge in [-0.3, -0.25) is 14.4 Å². The monoisotopic (exact) mass is 352 g/mol. The second kappa shape index (κ2) is 8.23. The van der Waals surface area contributed by atoms with Crippen molar-refractivity contribution in [3.8, 4) is 0 Å². The molecule has 2 rings (SSSR count). The smallest absolute Gasteiger partial charge is 0.268 e. The average molecular weight is 352 g/mol. The first kappa shape index (κ1) is 18.4. The predicted molar refractivity (Wildman–Crippen MR) is 93.9 cm³/mol. The normalized spacial score (nSPS) is 20.0. The second-order valence-corrected chi connectivity index (χ2v) is 6.67. The highest BCUT2D eigenvalue weighted by atomic mass is 32.2. The molecular weight excluding hydrogens is 328 g/mol. The van der Waals surface area contributed by atoms with Gasteiger partial charge in [0.25, 0.3) is 5.91 Å². The molecule has 3 amide bonds. The molecular formula is C16H24N4O3S. The number of likely N-dealkylation sites (tertiary alicyclic amines) is 1. The van der Waals surface area contributed by atoms with Crippen molar-refractivity contribution < 1.29 is 14.4 Å². The topological polar surface area (TPSA) is 83.4 Å². The van der Waals surface area contributed by atoms with Gasteiger partial charge in [-0.1, -0.05) is 0 Å². The number of thioether (sulfide) groups is 1. The Morgan fingerprint density at radius 1 is 1.38 bits per heavy atom. The van der Waals surface area contributed by atoms with Crippen molar-refractivity contribution in [2.75, 3.05) is 25.1 Å². The van der Waals surface area contributed by atoms with E-state index in [0.29, 0.717) is 31.0 Å². The van der Waals surface area contributed by atoms with Crippen LogP contribution in [0.3, 0.4) is 0 Å². The summed E-state index contributed by atoms with van der Waals surface area (Å²) >= 11 is 1.43. The van der Waals surface area contributed by atoms with Crippen LogP contribution in [0.15, 0.2) is 18.3 Å². The molecule has 1 aromatic heterocycles. The molecule has 24 heavy (non-hydrogen) atoms. The van der Waals surface area contributed by atoms with E-state index < -0.39 is 6.04 Å². The van der Waals surface area contributed by atoms with Gasteiger partial charge in [-0.15, -0.1) is 0 Å². The highest BCUT2D eigenvalue weighted by Crippen LogP contribution is 2.20. The zero-order valence-corrected chi connectivity index (χ0v) is 15.1. The quantitative estimate of drug-likeness (QED) is 0.767. The molecule has 8 heteroatoms. The van der Waals surface area contributed by atoms with Gasteiger partial charge in [-0.05, 0) is 31.7 Å². The summed E-state index contributed by atoms with van der Waals surface area (Å²) in [5.74, 6) is -0.104. The summed E-state index contributed by atoms with van der Waals surface area (Å²) in [6.45, 7) is 2.72. The molecule has 1 aliphatic heterocycles. The summed E-state index contributed by atoms with van der Waals surface area (Å²) in [5, 5.41) is 5.70. The van der Waals surface area contributed by atoms with Crippen molar-refractivity contribution in [2.24, 2.45) is 7.05 Å². The maximum Gasteiger partial charge on any atom is 0.268 e. The molecule has 0 spiro atoms. The molecule has 0 radical (unpaired) electrons. The summed E-state index contributed by atoms with van der Waals surface area (Å²) < 4.78 is 1.74. The van der Waals surface area contributed by atoms with Crippen LogP contribution in [0, 0.1) is 0 Å². The number of hydrogen-bond acceptors (Lipinski definition) is 4. The number of aryl methyl sites for hydroxylation is 1. The molecule has 2 atom stereocenters. The van der Waals surface area contributed by atoms with Crippen molar-refractivity contribution in [1.82, 2.24) is 20.1 Å². The van der Waals surface area contributed by atoms with Crippen LogP contribution in [0.25, 0.3) is 0 Å². The number of carbonyl (C=O) groups excluding carboxylic acids is 3. The van der Waals surface area contributed by atoms with Crippen molar-refractivity contribution in [3.63, 3.8) is 0 Å². The van der Waals surface area contributed by atoms with Crippen LogP contribution in [0.4, 0.5) is 0 Å². The number of nitrogens with zero attached hydrogens (tertiary/aromatic N) is 2. The molecule has 0 bridgehead atoms. The van der Waals surface area contributed by atoms with E-state index in [2.05, 4.69) is 10.6 Å². The third-order valence-electron chi connectivity index (χ3n) is 4.05. The minimum Gasteiger partial charge on any atom is -0.355 e. The van der Waals surface area contributed by atoms with Crippen molar-refractivity contribution >= 4 is 29.5 Å². The summed E-state index contributed by atoms with van der Waals surface area (Å²) in [6, 6.07) is 2.78. The Morgan fingerprint density at radius 3 is 2.71 bits per heavy atom. The summed E-state index contributed by atoms with van der Waals surface area (Å²) in [7, 11) is 1.80. The largest absolute Gasteiger partial charge is 0.355 e. The molecule has 7 nitrogen and oxygen atoms in total. The molecule has 132 valence electrons. The van der Waals surface area contributed by atoms with E-state index in [1.54, 1.807) is 34.8 Å². The third kappa shape index (κ3) is 4.11. The van der Waals surface area contributed by atoms with Crippen LogP contribution in [-0.4, -0.2) is 64.4 Å². The van der Waals surface area contributed by atoms with Gasteiger partial charge in [0.1, 0.15) is 11.7 Å². The van der Waals surface area contributed by atoms with E-state index in [-0.39, 0.29) is 23.8 Å². The van der Waals surface area contributed by atoms with E-state index in [9.17, 15) is 14.4 Å². The SMILES string of the molecule is CCNC(=O)C1CC(NC(=O)c2cccn2C)CN1C(=O)CSC. The first-order valence-corrected chi connectivity index (χ1v) is 9.35. The fraction of sp³-hybridized carbons (Fsp3) is 0.562. The van der Waals surface area contributed by atoms with Crippen LogP contribution < -0.4 is 10.6 Å². The Kier molecular flexibility index (Phi) is 6.30. The highest BCUT2D eigenvalue weighted by molar-refractivity contribution is 7.99. The number of nitrogens with one attached hydrogen (secondary N) is 2. The van der Waals surface area contributed by atoms with E-state index in [0.717, 1.165) is 0 Å². The van der Waals surface area contributed by atoms with Gasteiger partial charge in [0.05, 0.1) is 5.75 Å². The molecule has 2 unspecified atom stereocenters. The molecule has 1 aliphatic rings. The molecule has 1 saturated heterocycles. The van der Waals surface area contributed by atoms with Crippen molar-refractivity contribution in [2.45, 2.75) is 25.4 Å². The lowest BCUT2D eigenvalue weighted by molar-refractivity contribution is -0.136. The Bertz CT molecular complexity index is 590. The van der Waals surface area contributed by atoms with E-state index in [1.165, 1.54) is 11.8 Å². The molecule has 0 aliphatic carbocycles. The molecule has 2 N–H and O–H groups in total. The zero-order valence-electron chi connectivity index (χ0n) is 14.2. The Balaban J connectivity index is 2.07. The Labute approximate surface area is 146 Å². The molecule has 0 saturated carbocycles. The Morgan fingerprint density at radius 2 is 2.12 bits per heavy atom. The maximum atomic E-state index is 12.3. The molecule has 2 heterocycles. The number of aromatic nitrogens is 1. The van der Waals surface area contributed by atoms with E-state index in [4.69, 9.17) is 0 Å². The van der Waals surface area contributed by atoms with Crippen molar-refractivity contribution in [1.29, 1.82) is 0 Å². The summed E-state index contributed by atoms with van der Waals surface area (Å²) in [5.41, 5.74) is 0.554. The van der Waals surface area contributed by atoms with Crippen LogP contribution in [0.5, 0.6) is 0 Å². The van der Waals surface area contributed by atoms with Gasteiger partial charge in [0, 0.05) is 32.4 Å². The minimum absolute atomic E-state index is 0.0747. The highest BCUT2D eigenvalue weighted by Gasteiger charge is 2.39. The number of likely N-dealkylation sites (N-methyl/N-ethyl adjacent to an activating group) is 1. The van der Waals surface area contributed by atoms with Gasteiger partial charge in [0.2, 0.25) is 11.8 Å². The lowest BCUT2D eigenvalue weighted by Crippen LogP contribution is -2.46. The minimum atomic E-state index is -0.525. The molecule has 1 fully saturated rings. The lowest BCUT2D eigenvalue weighted by atomic mass is 10.1. The number of carbonyl (C=O) groups is 3. The van der Waals surface area contributed by atoms with Gasteiger partial charge in [0.15, 0.2) is 0 Å². The van der Waals surface area contributed by atoms with Gasteiger partial charge < -0.3 is 20.1 Å². The van der Waals surface area contributed by atoms with Gasteiger partial charge >= 0.3 is 0 Å². The molecule has 1 aromatic rings. The lowest BCUT2D eigenvalue weighted by Gasteiger charge is -2.23. The zero-order chi connectivity index (χ0) is 17.7. The van der Waals surface area contributed by atoms with Crippen LogP contribution in [0.1, 0.15) is 23.8 Å². The first-order valence-electron chi connectivity index (χ1n) is 7.96. The maximum absolute atomic E-state index is 12.3. The Hall–Kier alpha value is -1.96. The van der Waals surface area contributed by atoms with E-state index in [1.807, 2.05) is 13.2 Å². The van der Waals surface area contributed by atoms with Crippen LogP contribution >= 0.6 is 11.8 Å². The predicted octanol–water partition coefficient (Wildman–Crippen LogP) is 0.224. The van der Waals surface area contributed by atoms with Gasteiger partial charge in [-0.25, -0.2) is 0 Å². The van der Waals surface area contributed by atoms with Crippen molar-refractivity contribution in [3.05, 3.63) is 24.0 Å². The first-order chi connectivity index (χ1) is 11.5. The van der Waals surface area contributed by atoms with Crippen LogP contribution in [0.2, 0.25) is 0 Å². The summed E-state index contributed by atoms with van der Waals surface area (Å²) in [4.78, 5) is 38.5.